The van der Waals surface area contributed by atoms with Crippen LogP contribution >= 0.6 is 0 Å². The number of aromatic nitrogens is 1. The summed E-state index contributed by atoms with van der Waals surface area (Å²) in [6.07, 6.45) is -1.19. The smallest absolute Gasteiger partial charge is 0.431 e. The number of pyridine rings is 1. The van der Waals surface area contributed by atoms with Crippen LogP contribution in [0.1, 0.15) is 24.2 Å². The Labute approximate surface area is 201 Å². The molecule has 0 bridgehead atoms. The van der Waals surface area contributed by atoms with E-state index in [1.54, 1.807) is 68.4 Å². The van der Waals surface area contributed by atoms with E-state index in [9.17, 15) is 14.4 Å². The minimum absolute atomic E-state index is 0.0116. The fraction of sp³-hybridized carbons (Fsp3) is 0.167. The van der Waals surface area contributed by atoms with Crippen molar-refractivity contribution in [3.8, 4) is 5.75 Å². The number of ether oxygens (including phenoxy) is 2. The molecule has 0 aliphatic heterocycles. The van der Waals surface area contributed by atoms with Crippen LogP contribution in [-0.2, 0) is 9.53 Å². The van der Waals surface area contributed by atoms with Crippen LogP contribution in [0.2, 0.25) is 0 Å². The van der Waals surface area contributed by atoms with E-state index in [1.165, 1.54) is 12.1 Å². The molecule has 11 heteroatoms. The quantitative estimate of drug-likeness (QED) is 0.247. The average molecular weight is 476 g/mol. The summed E-state index contributed by atoms with van der Waals surface area (Å²) in [4.78, 5) is 40.1. The lowest BCUT2D eigenvalue weighted by molar-refractivity contribution is -0.115. The van der Waals surface area contributed by atoms with E-state index in [4.69, 9.17) is 15.2 Å². The Morgan fingerprint density at radius 3 is 2.34 bits per heavy atom. The third kappa shape index (κ3) is 7.63. The van der Waals surface area contributed by atoms with Gasteiger partial charge >= 0.3 is 6.16 Å². The Balaban J connectivity index is 1.60. The van der Waals surface area contributed by atoms with Crippen LogP contribution in [-0.4, -0.2) is 35.6 Å². The normalized spacial score (nSPS) is 10.7. The molecule has 0 saturated carbocycles. The zero-order valence-electron chi connectivity index (χ0n) is 19.1. The number of carbonyl (C=O) groups is 3. The number of hydrogen-bond acceptors (Lipinski definition) is 9. The van der Waals surface area contributed by atoms with Gasteiger partial charge in [0.15, 0.2) is 11.6 Å². The number of nitrogens with one attached hydrogen (secondary N) is 2. The molecule has 2 amide bonds. The lowest BCUT2D eigenvalue weighted by atomic mass is 10.2. The third-order valence-corrected chi connectivity index (χ3v) is 4.27. The molecule has 0 aliphatic carbocycles. The van der Waals surface area contributed by atoms with Gasteiger partial charge in [0.05, 0.1) is 12.6 Å². The lowest BCUT2D eigenvalue weighted by Crippen LogP contribution is -2.33. The topological polar surface area (TPSA) is 157 Å². The first-order valence-electron chi connectivity index (χ1n) is 10.6. The Bertz CT molecular complexity index is 1230. The number of benzene rings is 2. The molecular weight excluding hydrogens is 452 g/mol. The van der Waals surface area contributed by atoms with Crippen LogP contribution < -0.4 is 21.1 Å². The summed E-state index contributed by atoms with van der Waals surface area (Å²) in [5, 5.41) is 13.2. The highest BCUT2D eigenvalue weighted by molar-refractivity contribution is 5.99. The Kier molecular flexibility index (Phi) is 8.43. The number of nitrogens with zero attached hydrogens (tertiary/aromatic N) is 3. The third-order valence-electron chi connectivity index (χ3n) is 4.27. The molecule has 0 fully saturated rings. The van der Waals surface area contributed by atoms with E-state index in [2.05, 4.69) is 25.8 Å². The molecule has 1 heterocycles. The molecular formula is C24H24N6O5. The summed E-state index contributed by atoms with van der Waals surface area (Å²) >= 11 is 0. The van der Waals surface area contributed by atoms with Gasteiger partial charge in [-0.05, 0) is 50.2 Å². The van der Waals surface area contributed by atoms with Gasteiger partial charge in [0, 0.05) is 5.56 Å². The fourth-order valence-corrected chi connectivity index (χ4v) is 2.70. The highest BCUT2D eigenvalue weighted by atomic mass is 16.7. The van der Waals surface area contributed by atoms with E-state index >= 15 is 0 Å². The van der Waals surface area contributed by atoms with Gasteiger partial charge < -0.3 is 25.8 Å². The predicted molar refractivity (Wildman–Crippen MR) is 129 cm³/mol. The molecule has 3 rings (SSSR count). The maximum Gasteiger partial charge on any atom is 0.514 e. The van der Waals surface area contributed by atoms with E-state index in [0.717, 1.165) is 0 Å². The average Bonchev–Trinajstić information content (AvgIpc) is 2.83. The summed E-state index contributed by atoms with van der Waals surface area (Å²) in [5.41, 5.74) is 6.90. The largest absolute Gasteiger partial charge is 0.514 e. The Morgan fingerprint density at radius 2 is 1.63 bits per heavy atom. The molecule has 0 radical (unpaired) electrons. The SMILES string of the molecule is CC(C)OC(=O)Oc1ccccc1N=Nc1ccc(NC(=O)CNC(=O)c2ccccc2)nc1N. The molecule has 11 nitrogen and oxygen atoms in total. The number of hydrogen-bond donors (Lipinski definition) is 3. The molecule has 4 N–H and O–H groups in total. The zero-order chi connectivity index (χ0) is 25.2. The van der Waals surface area contributed by atoms with Gasteiger partial charge in [0.2, 0.25) is 5.91 Å². The molecule has 35 heavy (non-hydrogen) atoms. The molecule has 2 aromatic carbocycles. The number of carbonyl (C=O) groups excluding carboxylic acids is 3. The summed E-state index contributed by atoms with van der Waals surface area (Å²) in [6.45, 7) is 3.16. The first-order valence-corrected chi connectivity index (χ1v) is 10.6. The van der Waals surface area contributed by atoms with Crippen LogP contribution in [0.15, 0.2) is 77.0 Å². The maximum absolute atomic E-state index is 12.1. The summed E-state index contributed by atoms with van der Waals surface area (Å²) in [6, 6.07) is 18.1. The highest BCUT2D eigenvalue weighted by Gasteiger charge is 2.12. The van der Waals surface area contributed by atoms with Gasteiger partial charge in [-0.2, -0.15) is 0 Å². The van der Waals surface area contributed by atoms with Crippen LogP contribution in [0, 0.1) is 0 Å². The first kappa shape index (κ1) is 24.8. The van der Waals surface area contributed by atoms with Crippen LogP contribution in [0.3, 0.4) is 0 Å². The molecule has 0 aliphatic rings. The Morgan fingerprint density at radius 1 is 0.943 bits per heavy atom. The first-order chi connectivity index (χ1) is 16.8. The van der Waals surface area contributed by atoms with Gasteiger partial charge in [0.25, 0.3) is 5.91 Å². The second kappa shape index (κ2) is 11.9. The monoisotopic (exact) mass is 476 g/mol. The minimum atomic E-state index is -0.858. The van der Waals surface area contributed by atoms with Crippen molar-refractivity contribution in [3.05, 3.63) is 72.3 Å². The van der Waals surface area contributed by atoms with Crippen LogP contribution in [0.4, 0.5) is 27.8 Å². The van der Waals surface area contributed by atoms with Crippen molar-refractivity contribution in [2.45, 2.75) is 20.0 Å². The van der Waals surface area contributed by atoms with Crippen molar-refractivity contribution in [1.29, 1.82) is 0 Å². The van der Waals surface area contributed by atoms with Gasteiger partial charge in [-0.3, -0.25) is 9.59 Å². The highest BCUT2D eigenvalue weighted by Crippen LogP contribution is 2.30. The molecule has 0 spiro atoms. The summed E-state index contributed by atoms with van der Waals surface area (Å²) in [7, 11) is 0. The number of anilines is 2. The van der Waals surface area contributed by atoms with E-state index < -0.39 is 12.1 Å². The van der Waals surface area contributed by atoms with Crippen LogP contribution in [0.25, 0.3) is 0 Å². The number of para-hydroxylation sites is 1. The maximum atomic E-state index is 12.1. The van der Waals surface area contributed by atoms with Crippen molar-refractivity contribution in [1.82, 2.24) is 10.3 Å². The van der Waals surface area contributed by atoms with Crippen molar-refractivity contribution in [2.75, 3.05) is 17.6 Å². The molecule has 0 unspecified atom stereocenters. The van der Waals surface area contributed by atoms with Gasteiger partial charge in [-0.1, -0.05) is 30.3 Å². The summed E-state index contributed by atoms with van der Waals surface area (Å²) in [5.74, 6) is -0.492. The number of amides is 2. The standard InChI is InChI=1S/C24H24N6O5/c1-15(2)34-24(33)35-19-11-7-6-10-17(19)29-30-18-12-13-20(28-22(18)25)27-21(31)14-26-23(32)16-8-4-3-5-9-16/h3-13,15H,14H2,1-2H3,(H,26,32)(H3,25,27,28,31). The van der Waals surface area contributed by atoms with Crippen molar-refractivity contribution in [3.63, 3.8) is 0 Å². The van der Waals surface area contributed by atoms with Crippen molar-refractivity contribution < 1.29 is 23.9 Å². The molecule has 0 saturated heterocycles. The number of nitrogens with two attached hydrogens (primary N) is 1. The predicted octanol–water partition coefficient (Wildman–Crippen LogP) is 4.37. The van der Waals surface area contributed by atoms with E-state index in [0.29, 0.717) is 5.56 Å². The van der Waals surface area contributed by atoms with Crippen LogP contribution in [0.5, 0.6) is 5.75 Å². The minimum Gasteiger partial charge on any atom is -0.431 e. The second-order valence-electron chi connectivity index (χ2n) is 7.38. The lowest BCUT2D eigenvalue weighted by Gasteiger charge is -2.09. The van der Waals surface area contributed by atoms with Gasteiger partial charge in [-0.15, -0.1) is 10.2 Å². The number of azo groups is 1. The van der Waals surface area contributed by atoms with E-state index in [-0.39, 0.29) is 47.3 Å². The number of nitrogen functional groups attached to an aromatic ring is 1. The second-order valence-corrected chi connectivity index (χ2v) is 7.38. The molecule has 1 aromatic heterocycles. The number of rotatable bonds is 8. The van der Waals surface area contributed by atoms with Crippen molar-refractivity contribution in [2.24, 2.45) is 10.2 Å². The van der Waals surface area contributed by atoms with Gasteiger partial charge in [0.1, 0.15) is 17.2 Å². The molecule has 180 valence electrons. The zero-order valence-corrected chi connectivity index (χ0v) is 19.1. The molecule has 0 atom stereocenters. The van der Waals surface area contributed by atoms with Gasteiger partial charge in [-0.25, -0.2) is 9.78 Å². The summed E-state index contributed by atoms with van der Waals surface area (Å²) < 4.78 is 10.1. The Hall–Kier alpha value is -4.80. The molecule has 3 aromatic rings. The fourth-order valence-electron chi connectivity index (χ4n) is 2.70. The van der Waals surface area contributed by atoms with E-state index in [1.807, 2.05) is 0 Å². The van der Waals surface area contributed by atoms with Crippen molar-refractivity contribution >= 4 is 41.0 Å².